The van der Waals surface area contributed by atoms with Crippen molar-refractivity contribution in [1.29, 1.82) is 0 Å². The van der Waals surface area contributed by atoms with E-state index in [2.05, 4.69) is 10.1 Å². The molecule has 1 N–H and O–H groups in total. The molecule has 0 aromatic heterocycles. The highest BCUT2D eigenvalue weighted by Gasteiger charge is 2.45. The summed E-state index contributed by atoms with van der Waals surface area (Å²) in [6.45, 7) is 1.74. The lowest BCUT2D eigenvalue weighted by molar-refractivity contribution is -0.148. The largest absolute Gasteiger partial charge is 0.466 e. The molecule has 2 rings (SSSR count). The molecular formula is C15H18N2O3. The number of rotatable bonds is 4. The molecule has 1 aliphatic heterocycles. The van der Waals surface area contributed by atoms with E-state index in [1.54, 1.807) is 18.9 Å². The molecule has 2 atom stereocenters. The highest BCUT2D eigenvalue weighted by Crippen LogP contribution is 2.33. The van der Waals surface area contributed by atoms with Crippen molar-refractivity contribution in [2.45, 2.75) is 19.0 Å². The lowest BCUT2D eigenvalue weighted by Gasteiger charge is -2.45. The van der Waals surface area contributed by atoms with Crippen LogP contribution in [0.1, 0.15) is 18.5 Å². The number of ether oxygens (including phenoxy) is 1. The number of hydrogen-bond donors (Lipinski definition) is 1. The summed E-state index contributed by atoms with van der Waals surface area (Å²) in [5.41, 5.74) is 1.68. The zero-order valence-corrected chi connectivity index (χ0v) is 11.8. The zero-order valence-electron chi connectivity index (χ0n) is 11.8. The number of esters is 1. The summed E-state index contributed by atoms with van der Waals surface area (Å²) in [6, 6.07) is 9.44. The summed E-state index contributed by atoms with van der Waals surface area (Å²) in [5.74, 6) is -0.428. The van der Waals surface area contributed by atoms with Crippen molar-refractivity contribution in [1.82, 2.24) is 10.2 Å². The quantitative estimate of drug-likeness (QED) is 0.510. The topological polar surface area (TPSA) is 58.6 Å². The summed E-state index contributed by atoms with van der Waals surface area (Å²) in [7, 11) is 3.10. The Hall–Kier alpha value is -2.30. The van der Waals surface area contributed by atoms with Gasteiger partial charge in [-0.15, -0.1) is 0 Å². The second kappa shape index (κ2) is 5.77. The average Bonchev–Trinajstić information content (AvgIpc) is 2.47. The van der Waals surface area contributed by atoms with Crippen LogP contribution in [0.4, 0.5) is 0 Å². The summed E-state index contributed by atoms with van der Waals surface area (Å²) in [5, 5.41) is 3.08. The Morgan fingerprint density at radius 3 is 2.60 bits per heavy atom. The van der Waals surface area contributed by atoms with E-state index in [1.807, 2.05) is 30.3 Å². The molecule has 1 amide bonds. The standard InChI is InChI=1S/C15H18N2O3/c1-10(9-12(18)20-3)16-13-14(17(2)15(13)19)11-7-5-4-6-8-11/h4-9,13-14,16H,1-3H3/b10-9+. The fourth-order valence-corrected chi connectivity index (χ4v) is 2.36. The van der Waals surface area contributed by atoms with E-state index in [-0.39, 0.29) is 18.0 Å². The Kier molecular flexibility index (Phi) is 4.08. The number of nitrogens with one attached hydrogen (secondary N) is 1. The molecule has 2 unspecified atom stereocenters. The summed E-state index contributed by atoms with van der Waals surface area (Å²) in [4.78, 5) is 24.8. The van der Waals surface area contributed by atoms with Gasteiger partial charge < -0.3 is 15.0 Å². The van der Waals surface area contributed by atoms with Crippen molar-refractivity contribution in [3.63, 3.8) is 0 Å². The van der Waals surface area contributed by atoms with Gasteiger partial charge in [0.15, 0.2) is 0 Å². The molecule has 0 aliphatic carbocycles. The third-order valence-corrected chi connectivity index (χ3v) is 3.41. The number of amides is 1. The van der Waals surface area contributed by atoms with Crippen LogP contribution in [-0.2, 0) is 14.3 Å². The molecule has 0 spiro atoms. The normalized spacial score (nSPS) is 22.2. The van der Waals surface area contributed by atoms with Crippen molar-refractivity contribution < 1.29 is 14.3 Å². The van der Waals surface area contributed by atoms with Crippen LogP contribution < -0.4 is 5.32 Å². The van der Waals surface area contributed by atoms with Gasteiger partial charge in [0.05, 0.1) is 13.2 Å². The van der Waals surface area contributed by atoms with Crippen LogP contribution >= 0.6 is 0 Å². The third kappa shape index (κ3) is 2.66. The van der Waals surface area contributed by atoms with Gasteiger partial charge in [-0.1, -0.05) is 30.3 Å². The third-order valence-electron chi connectivity index (χ3n) is 3.41. The van der Waals surface area contributed by atoms with Crippen LogP contribution in [0.25, 0.3) is 0 Å². The molecule has 1 aromatic rings. The fraction of sp³-hybridized carbons (Fsp3) is 0.333. The van der Waals surface area contributed by atoms with Gasteiger partial charge in [0.1, 0.15) is 6.04 Å². The lowest BCUT2D eigenvalue weighted by atomic mass is 9.89. The number of allylic oxidation sites excluding steroid dienone is 1. The van der Waals surface area contributed by atoms with E-state index >= 15 is 0 Å². The van der Waals surface area contributed by atoms with Crippen LogP contribution in [0.5, 0.6) is 0 Å². The summed E-state index contributed by atoms with van der Waals surface area (Å²) < 4.78 is 4.56. The molecule has 0 saturated carbocycles. The van der Waals surface area contributed by atoms with Crippen molar-refractivity contribution in [3.8, 4) is 0 Å². The zero-order chi connectivity index (χ0) is 14.7. The Morgan fingerprint density at radius 2 is 2.00 bits per heavy atom. The molecule has 5 nitrogen and oxygen atoms in total. The SMILES string of the molecule is COC(=O)/C=C(\C)NC1C(=O)N(C)C1c1ccccc1. The van der Waals surface area contributed by atoms with Crippen LogP contribution in [-0.4, -0.2) is 37.0 Å². The number of methoxy groups -OCH3 is 1. The van der Waals surface area contributed by atoms with Gasteiger partial charge in [0.25, 0.3) is 0 Å². The van der Waals surface area contributed by atoms with Gasteiger partial charge in [-0.2, -0.15) is 0 Å². The second-order valence-corrected chi connectivity index (χ2v) is 4.78. The number of carbonyl (C=O) groups is 2. The van der Waals surface area contributed by atoms with Gasteiger partial charge in [-0.05, 0) is 12.5 Å². The van der Waals surface area contributed by atoms with E-state index in [0.717, 1.165) is 5.56 Å². The molecule has 1 aromatic carbocycles. The Bertz CT molecular complexity index is 539. The maximum absolute atomic E-state index is 12.0. The molecule has 5 heteroatoms. The van der Waals surface area contributed by atoms with Crippen LogP contribution in [0.15, 0.2) is 42.1 Å². The number of nitrogens with zero attached hydrogens (tertiary/aromatic N) is 1. The first-order valence-electron chi connectivity index (χ1n) is 6.39. The highest BCUT2D eigenvalue weighted by molar-refractivity contribution is 5.90. The predicted octanol–water partition coefficient (Wildman–Crippen LogP) is 1.23. The van der Waals surface area contributed by atoms with Crippen LogP contribution in [0.3, 0.4) is 0 Å². The number of likely N-dealkylation sites (tertiary alicyclic amines) is 1. The van der Waals surface area contributed by atoms with Crippen molar-refractivity contribution in [2.75, 3.05) is 14.2 Å². The number of hydrogen-bond acceptors (Lipinski definition) is 4. The second-order valence-electron chi connectivity index (χ2n) is 4.78. The molecule has 20 heavy (non-hydrogen) atoms. The van der Waals surface area contributed by atoms with Gasteiger partial charge in [0.2, 0.25) is 5.91 Å². The Balaban J connectivity index is 2.12. The molecular weight excluding hydrogens is 256 g/mol. The van der Waals surface area contributed by atoms with Crippen molar-refractivity contribution in [2.24, 2.45) is 0 Å². The molecule has 106 valence electrons. The predicted molar refractivity (Wildman–Crippen MR) is 74.6 cm³/mol. The van der Waals surface area contributed by atoms with E-state index in [1.165, 1.54) is 13.2 Å². The van der Waals surface area contributed by atoms with E-state index in [4.69, 9.17) is 0 Å². The Morgan fingerprint density at radius 1 is 1.35 bits per heavy atom. The molecule has 1 aliphatic rings. The fourth-order valence-electron chi connectivity index (χ4n) is 2.36. The van der Waals surface area contributed by atoms with Crippen LogP contribution in [0, 0.1) is 0 Å². The first kappa shape index (κ1) is 14.1. The minimum Gasteiger partial charge on any atom is -0.466 e. The van der Waals surface area contributed by atoms with Crippen LogP contribution in [0.2, 0.25) is 0 Å². The molecule has 0 bridgehead atoms. The summed E-state index contributed by atoms with van der Waals surface area (Å²) in [6.07, 6.45) is 1.34. The first-order valence-corrected chi connectivity index (χ1v) is 6.39. The first-order chi connectivity index (χ1) is 9.54. The maximum Gasteiger partial charge on any atom is 0.332 e. The van der Waals surface area contributed by atoms with E-state index in [0.29, 0.717) is 5.70 Å². The van der Waals surface area contributed by atoms with Gasteiger partial charge in [-0.25, -0.2) is 4.79 Å². The maximum atomic E-state index is 12.0. The van der Waals surface area contributed by atoms with E-state index in [9.17, 15) is 9.59 Å². The lowest BCUT2D eigenvalue weighted by Crippen LogP contribution is -2.62. The van der Waals surface area contributed by atoms with Gasteiger partial charge in [-0.3, -0.25) is 4.79 Å². The number of likely N-dealkylation sites (N-methyl/N-ethyl adjacent to an activating group) is 1. The summed E-state index contributed by atoms with van der Waals surface area (Å²) >= 11 is 0. The Labute approximate surface area is 118 Å². The molecule has 0 radical (unpaired) electrons. The molecule has 1 fully saturated rings. The molecule has 1 saturated heterocycles. The smallest absolute Gasteiger partial charge is 0.332 e. The molecule has 1 heterocycles. The van der Waals surface area contributed by atoms with Crippen molar-refractivity contribution >= 4 is 11.9 Å². The minimum absolute atomic E-state index is 0.0106. The average molecular weight is 274 g/mol. The number of carbonyl (C=O) groups excluding carboxylic acids is 2. The van der Waals surface area contributed by atoms with Gasteiger partial charge >= 0.3 is 5.97 Å². The van der Waals surface area contributed by atoms with Crippen molar-refractivity contribution in [3.05, 3.63) is 47.7 Å². The van der Waals surface area contributed by atoms with Gasteiger partial charge in [0, 0.05) is 18.8 Å². The van der Waals surface area contributed by atoms with E-state index < -0.39 is 5.97 Å². The highest BCUT2D eigenvalue weighted by atomic mass is 16.5. The minimum atomic E-state index is -0.439. The monoisotopic (exact) mass is 274 g/mol. The number of benzene rings is 1. The number of β-lactam (4-membered cyclic amide) rings is 1.